The Morgan fingerprint density at radius 1 is 1.38 bits per heavy atom. The quantitative estimate of drug-likeness (QED) is 0.837. The Kier molecular flexibility index (Phi) is 5.48. The summed E-state index contributed by atoms with van der Waals surface area (Å²) in [5, 5.41) is 9.50. The topological polar surface area (TPSA) is 67.0 Å². The van der Waals surface area contributed by atoms with E-state index in [4.69, 9.17) is 0 Å². The third-order valence-electron chi connectivity index (χ3n) is 3.60. The average Bonchev–Trinajstić information content (AvgIpc) is 2.80. The van der Waals surface area contributed by atoms with Gasteiger partial charge in [-0.05, 0) is 37.5 Å². The minimum atomic E-state index is -3.11. The zero-order chi connectivity index (χ0) is 17.9. The molecule has 130 valence electrons. The summed E-state index contributed by atoms with van der Waals surface area (Å²) >= 11 is 0. The Hall–Kier alpha value is -2.51. The fourth-order valence-electron chi connectivity index (χ4n) is 2.65. The van der Waals surface area contributed by atoms with E-state index in [9.17, 15) is 18.0 Å². The predicted molar refractivity (Wildman–Crippen MR) is 82.8 cm³/mol. The van der Waals surface area contributed by atoms with E-state index in [-0.39, 0.29) is 23.9 Å². The number of alkyl halides is 2. The number of carbonyl (C=O) groups excluding carboxylic acids is 1. The van der Waals surface area contributed by atoms with Gasteiger partial charge in [-0.1, -0.05) is 6.92 Å². The first-order valence-corrected chi connectivity index (χ1v) is 7.33. The standard InChI is InChI=1S/C16H18F3N3O2/c1-8(15-9(2)21-22-10(15)3)6-14(23)20-11-4-5-13(12(17)7-11)24-16(18)19/h4-5,7-8,16H,6H2,1-3H3,(H,20,23)(H,21,22). The molecule has 2 N–H and O–H groups in total. The molecule has 0 aliphatic carbocycles. The third kappa shape index (κ3) is 4.27. The number of H-pyrrole nitrogens is 1. The number of aromatic amines is 1. The van der Waals surface area contributed by atoms with Crippen molar-refractivity contribution in [2.45, 2.75) is 39.7 Å². The Labute approximate surface area is 137 Å². The molecule has 1 heterocycles. The SMILES string of the molecule is Cc1n[nH]c(C)c1C(C)CC(=O)Nc1ccc(OC(F)F)c(F)c1. The van der Waals surface area contributed by atoms with Crippen molar-refractivity contribution in [3.05, 3.63) is 41.0 Å². The average molecular weight is 341 g/mol. The Morgan fingerprint density at radius 2 is 2.08 bits per heavy atom. The molecule has 0 saturated heterocycles. The lowest BCUT2D eigenvalue weighted by Crippen LogP contribution is -2.15. The number of hydrogen-bond acceptors (Lipinski definition) is 3. The minimum Gasteiger partial charge on any atom is -0.432 e. The highest BCUT2D eigenvalue weighted by Crippen LogP contribution is 2.26. The van der Waals surface area contributed by atoms with Crippen molar-refractivity contribution >= 4 is 11.6 Å². The van der Waals surface area contributed by atoms with E-state index in [0.29, 0.717) is 0 Å². The van der Waals surface area contributed by atoms with E-state index in [2.05, 4.69) is 20.3 Å². The molecule has 1 atom stereocenters. The summed E-state index contributed by atoms with van der Waals surface area (Å²) in [4.78, 5) is 12.1. The molecule has 24 heavy (non-hydrogen) atoms. The van der Waals surface area contributed by atoms with Crippen molar-refractivity contribution in [3.63, 3.8) is 0 Å². The van der Waals surface area contributed by atoms with Gasteiger partial charge in [-0.25, -0.2) is 4.39 Å². The number of halogens is 3. The van der Waals surface area contributed by atoms with Crippen LogP contribution in [-0.4, -0.2) is 22.7 Å². The van der Waals surface area contributed by atoms with E-state index in [1.165, 1.54) is 6.07 Å². The van der Waals surface area contributed by atoms with Crippen LogP contribution in [0.15, 0.2) is 18.2 Å². The molecule has 5 nitrogen and oxygen atoms in total. The van der Waals surface area contributed by atoms with E-state index in [1.54, 1.807) is 0 Å². The summed E-state index contributed by atoms with van der Waals surface area (Å²) in [7, 11) is 0. The second-order valence-corrected chi connectivity index (χ2v) is 5.52. The zero-order valence-electron chi connectivity index (χ0n) is 13.5. The number of ether oxygens (including phenoxy) is 1. The number of anilines is 1. The third-order valence-corrected chi connectivity index (χ3v) is 3.60. The van der Waals surface area contributed by atoms with Crippen LogP contribution in [0.2, 0.25) is 0 Å². The van der Waals surface area contributed by atoms with Crippen LogP contribution in [0.1, 0.15) is 36.2 Å². The smallest absolute Gasteiger partial charge is 0.387 e. The number of benzene rings is 1. The van der Waals surface area contributed by atoms with Crippen molar-refractivity contribution in [1.82, 2.24) is 10.2 Å². The van der Waals surface area contributed by atoms with Crippen LogP contribution in [0, 0.1) is 19.7 Å². The van der Waals surface area contributed by atoms with Gasteiger partial charge < -0.3 is 10.1 Å². The van der Waals surface area contributed by atoms with Gasteiger partial charge in [0.15, 0.2) is 11.6 Å². The highest BCUT2D eigenvalue weighted by atomic mass is 19.3. The van der Waals surface area contributed by atoms with E-state index in [0.717, 1.165) is 29.1 Å². The van der Waals surface area contributed by atoms with Gasteiger partial charge in [-0.3, -0.25) is 9.89 Å². The van der Waals surface area contributed by atoms with Gasteiger partial charge >= 0.3 is 6.61 Å². The molecule has 0 saturated carbocycles. The van der Waals surface area contributed by atoms with E-state index >= 15 is 0 Å². The highest BCUT2D eigenvalue weighted by Gasteiger charge is 2.18. The highest BCUT2D eigenvalue weighted by molar-refractivity contribution is 5.91. The van der Waals surface area contributed by atoms with Crippen molar-refractivity contribution in [3.8, 4) is 5.75 Å². The number of carbonyl (C=O) groups is 1. The molecule has 1 aromatic heterocycles. The number of aromatic nitrogens is 2. The Bertz CT molecular complexity index is 712. The van der Waals surface area contributed by atoms with Crippen LogP contribution in [-0.2, 0) is 4.79 Å². The molecule has 0 radical (unpaired) electrons. The molecule has 0 aliphatic heterocycles. The van der Waals surface area contributed by atoms with E-state index in [1.807, 2.05) is 20.8 Å². The molecular weight excluding hydrogens is 323 g/mol. The fourth-order valence-corrected chi connectivity index (χ4v) is 2.65. The van der Waals surface area contributed by atoms with Crippen molar-refractivity contribution in [2.75, 3.05) is 5.32 Å². The van der Waals surface area contributed by atoms with Crippen LogP contribution >= 0.6 is 0 Å². The number of rotatable bonds is 6. The second kappa shape index (κ2) is 7.37. The molecule has 8 heteroatoms. The first kappa shape index (κ1) is 17.8. The van der Waals surface area contributed by atoms with Gasteiger partial charge in [0, 0.05) is 23.9 Å². The molecule has 2 aromatic rings. The summed E-state index contributed by atoms with van der Waals surface area (Å²) in [6, 6.07) is 3.29. The second-order valence-electron chi connectivity index (χ2n) is 5.52. The maximum Gasteiger partial charge on any atom is 0.387 e. The molecule has 0 bridgehead atoms. The molecule has 1 aromatic carbocycles. The van der Waals surface area contributed by atoms with Gasteiger partial charge in [0.2, 0.25) is 5.91 Å². The lowest BCUT2D eigenvalue weighted by atomic mass is 9.95. The maximum absolute atomic E-state index is 13.6. The van der Waals surface area contributed by atoms with Crippen LogP contribution < -0.4 is 10.1 Å². The summed E-state index contributed by atoms with van der Waals surface area (Å²) < 4.78 is 41.8. The Morgan fingerprint density at radius 3 is 2.62 bits per heavy atom. The first-order valence-electron chi connectivity index (χ1n) is 7.33. The molecule has 0 spiro atoms. The Balaban J connectivity index is 2.01. The minimum absolute atomic E-state index is 0.0740. The summed E-state index contributed by atoms with van der Waals surface area (Å²) in [5.74, 6) is -1.93. The number of aryl methyl sites for hydroxylation is 2. The monoisotopic (exact) mass is 341 g/mol. The largest absolute Gasteiger partial charge is 0.432 e. The van der Waals surface area contributed by atoms with Gasteiger partial charge in [0.25, 0.3) is 0 Å². The van der Waals surface area contributed by atoms with E-state index < -0.39 is 18.2 Å². The number of nitrogens with one attached hydrogen (secondary N) is 2. The van der Waals surface area contributed by atoms with Crippen LogP contribution in [0.3, 0.4) is 0 Å². The van der Waals surface area contributed by atoms with Crippen molar-refractivity contribution < 1.29 is 22.7 Å². The molecular formula is C16H18F3N3O2. The van der Waals surface area contributed by atoms with Crippen LogP contribution in [0.25, 0.3) is 0 Å². The van der Waals surface area contributed by atoms with Crippen molar-refractivity contribution in [2.24, 2.45) is 0 Å². The fraction of sp³-hybridized carbons (Fsp3) is 0.375. The summed E-state index contributed by atoms with van der Waals surface area (Å²) in [6.07, 6.45) is 0.179. The first-order chi connectivity index (χ1) is 11.3. The molecule has 0 aliphatic rings. The number of nitrogens with zero attached hydrogens (tertiary/aromatic N) is 1. The normalized spacial score (nSPS) is 12.3. The van der Waals surface area contributed by atoms with Gasteiger partial charge in [-0.2, -0.15) is 13.9 Å². The number of hydrogen-bond donors (Lipinski definition) is 2. The summed E-state index contributed by atoms with van der Waals surface area (Å²) in [5.41, 5.74) is 2.86. The van der Waals surface area contributed by atoms with Gasteiger partial charge in [-0.15, -0.1) is 0 Å². The maximum atomic E-state index is 13.6. The predicted octanol–water partition coefficient (Wildman–Crippen LogP) is 3.90. The van der Waals surface area contributed by atoms with Crippen LogP contribution in [0.5, 0.6) is 5.75 Å². The molecule has 0 fully saturated rings. The number of amides is 1. The zero-order valence-corrected chi connectivity index (χ0v) is 13.5. The van der Waals surface area contributed by atoms with Gasteiger partial charge in [0.05, 0.1) is 5.69 Å². The van der Waals surface area contributed by atoms with Gasteiger partial charge in [0.1, 0.15) is 0 Å². The molecule has 1 unspecified atom stereocenters. The molecule has 1 amide bonds. The van der Waals surface area contributed by atoms with Crippen molar-refractivity contribution in [1.29, 1.82) is 0 Å². The lowest BCUT2D eigenvalue weighted by Gasteiger charge is -2.13. The molecule has 2 rings (SSSR count). The lowest BCUT2D eigenvalue weighted by molar-refractivity contribution is -0.116. The van der Waals surface area contributed by atoms with Crippen LogP contribution in [0.4, 0.5) is 18.9 Å². The summed E-state index contributed by atoms with van der Waals surface area (Å²) in [6.45, 7) is 2.51.